The number of nitrogen functional groups attached to an aromatic ring is 1. The number of hydrogen-bond acceptors (Lipinski definition) is 4. The minimum atomic E-state index is 0.564. The molecule has 0 aliphatic carbocycles. The number of ether oxygens (including phenoxy) is 1. The van der Waals surface area contributed by atoms with Crippen LogP contribution >= 0.6 is 11.3 Å². The summed E-state index contributed by atoms with van der Waals surface area (Å²) in [6.45, 7) is 2.62. The number of hydrogen-bond donors (Lipinski definition) is 1. The van der Waals surface area contributed by atoms with Crippen molar-refractivity contribution >= 4 is 16.5 Å². The van der Waals surface area contributed by atoms with Crippen molar-refractivity contribution in [2.45, 2.75) is 13.5 Å². The summed E-state index contributed by atoms with van der Waals surface area (Å²) in [5.41, 5.74) is 9.10. The lowest BCUT2D eigenvalue weighted by atomic mass is 10.1. The van der Waals surface area contributed by atoms with E-state index in [2.05, 4.69) is 30.1 Å². The van der Waals surface area contributed by atoms with Crippen LogP contribution in [0.3, 0.4) is 0 Å². The van der Waals surface area contributed by atoms with Gasteiger partial charge in [0.15, 0.2) is 5.13 Å². The van der Waals surface area contributed by atoms with Crippen LogP contribution in [0, 0.1) is 6.92 Å². The van der Waals surface area contributed by atoms with Crippen molar-refractivity contribution in [1.29, 1.82) is 0 Å². The van der Waals surface area contributed by atoms with Gasteiger partial charge in [-0.3, -0.25) is 0 Å². The Bertz CT molecular complexity index is 738. The van der Waals surface area contributed by atoms with Crippen LogP contribution in [-0.2, 0) is 6.61 Å². The molecular weight excluding hydrogens is 280 g/mol. The van der Waals surface area contributed by atoms with Gasteiger partial charge in [-0.05, 0) is 35.7 Å². The predicted octanol–water partition coefficient (Wildman–Crippen LogP) is 4.28. The number of benzene rings is 2. The van der Waals surface area contributed by atoms with Gasteiger partial charge in [0, 0.05) is 6.20 Å². The van der Waals surface area contributed by atoms with Crippen LogP contribution in [0.1, 0.15) is 11.1 Å². The molecular formula is C17H16N2OS. The average molecular weight is 296 g/mol. The molecule has 3 nitrogen and oxygen atoms in total. The van der Waals surface area contributed by atoms with E-state index in [1.54, 1.807) is 6.20 Å². The molecule has 0 aliphatic heterocycles. The zero-order valence-corrected chi connectivity index (χ0v) is 12.6. The summed E-state index contributed by atoms with van der Waals surface area (Å²) in [4.78, 5) is 5.16. The van der Waals surface area contributed by atoms with Crippen LogP contribution in [-0.4, -0.2) is 4.98 Å². The third-order valence-electron chi connectivity index (χ3n) is 3.11. The number of rotatable bonds is 4. The highest BCUT2D eigenvalue weighted by atomic mass is 32.1. The largest absolute Gasteiger partial charge is 0.489 e. The van der Waals surface area contributed by atoms with Crippen molar-refractivity contribution in [3.8, 4) is 16.2 Å². The molecule has 106 valence electrons. The second-order valence-corrected chi connectivity index (χ2v) is 5.93. The Morgan fingerprint density at radius 2 is 1.95 bits per heavy atom. The number of nitrogens with zero attached hydrogens (tertiary/aromatic N) is 1. The molecule has 0 bridgehead atoms. The summed E-state index contributed by atoms with van der Waals surface area (Å²) in [5, 5.41) is 0.582. The first kappa shape index (κ1) is 13.6. The second-order valence-electron chi connectivity index (χ2n) is 4.87. The maximum Gasteiger partial charge on any atom is 0.180 e. The molecule has 3 aromatic rings. The first-order valence-electron chi connectivity index (χ1n) is 6.71. The zero-order valence-electron chi connectivity index (χ0n) is 11.7. The SMILES string of the molecule is Cc1cc(OCc2ccccc2)cc(-c2cnc(N)s2)c1. The van der Waals surface area contributed by atoms with Crippen molar-refractivity contribution in [3.05, 3.63) is 65.9 Å². The molecule has 21 heavy (non-hydrogen) atoms. The molecule has 0 fully saturated rings. The Kier molecular flexibility index (Phi) is 3.88. The van der Waals surface area contributed by atoms with E-state index in [1.807, 2.05) is 30.3 Å². The Morgan fingerprint density at radius 3 is 2.67 bits per heavy atom. The smallest absolute Gasteiger partial charge is 0.180 e. The number of thiazole rings is 1. The molecule has 0 aliphatic rings. The van der Waals surface area contributed by atoms with Gasteiger partial charge in [-0.1, -0.05) is 47.7 Å². The Hall–Kier alpha value is -2.33. The van der Waals surface area contributed by atoms with Crippen LogP contribution in [0.4, 0.5) is 5.13 Å². The third kappa shape index (κ3) is 3.41. The Morgan fingerprint density at radius 1 is 1.14 bits per heavy atom. The van der Waals surface area contributed by atoms with E-state index < -0.39 is 0 Å². The summed E-state index contributed by atoms with van der Waals surface area (Å²) in [6.07, 6.45) is 1.80. The highest BCUT2D eigenvalue weighted by Gasteiger charge is 2.06. The van der Waals surface area contributed by atoms with E-state index in [-0.39, 0.29) is 0 Å². The van der Waals surface area contributed by atoms with E-state index >= 15 is 0 Å². The molecule has 0 amide bonds. The van der Waals surface area contributed by atoms with E-state index in [0.29, 0.717) is 11.7 Å². The van der Waals surface area contributed by atoms with Gasteiger partial charge in [0.2, 0.25) is 0 Å². The molecule has 0 spiro atoms. The van der Waals surface area contributed by atoms with E-state index in [0.717, 1.165) is 27.3 Å². The van der Waals surface area contributed by atoms with Crippen molar-refractivity contribution < 1.29 is 4.74 Å². The van der Waals surface area contributed by atoms with Crippen LogP contribution in [0.25, 0.3) is 10.4 Å². The molecule has 0 saturated heterocycles. The maximum absolute atomic E-state index is 5.89. The fourth-order valence-electron chi connectivity index (χ4n) is 2.14. The molecule has 2 aromatic carbocycles. The molecule has 1 aromatic heterocycles. The number of nitrogens with two attached hydrogens (primary N) is 1. The van der Waals surface area contributed by atoms with Crippen molar-refractivity contribution in [3.63, 3.8) is 0 Å². The summed E-state index contributed by atoms with van der Waals surface area (Å²) in [7, 11) is 0. The van der Waals surface area contributed by atoms with E-state index in [1.165, 1.54) is 11.3 Å². The van der Waals surface area contributed by atoms with Gasteiger partial charge in [-0.2, -0.15) is 0 Å². The standard InChI is InChI=1S/C17H16N2OS/c1-12-7-14(16-10-19-17(18)21-16)9-15(8-12)20-11-13-5-3-2-4-6-13/h2-10H,11H2,1H3,(H2,18,19). The quantitative estimate of drug-likeness (QED) is 0.781. The fraction of sp³-hybridized carbons (Fsp3) is 0.118. The lowest BCUT2D eigenvalue weighted by Crippen LogP contribution is -1.95. The minimum absolute atomic E-state index is 0.564. The highest BCUT2D eigenvalue weighted by molar-refractivity contribution is 7.18. The van der Waals surface area contributed by atoms with Gasteiger partial charge in [-0.15, -0.1) is 0 Å². The van der Waals surface area contributed by atoms with Gasteiger partial charge in [0.25, 0.3) is 0 Å². The van der Waals surface area contributed by atoms with Gasteiger partial charge in [-0.25, -0.2) is 4.98 Å². The van der Waals surface area contributed by atoms with Gasteiger partial charge >= 0.3 is 0 Å². The molecule has 0 atom stereocenters. The van der Waals surface area contributed by atoms with Crippen LogP contribution < -0.4 is 10.5 Å². The lowest BCUT2D eigenvalue weighted by molar-refractivity contribution is 0.306. The highest BCUT2D eigenvalue weighted by Crippen LogP contribution is 2.31. The molecule has 0 unspecified atom stereocenters. The molecule has 0 radical (unpaired) electrons. The summed E-state index contributed by atoms with van der Waals surface area (Å²) < 4.78 is 5.89. The first-order valence-corrected chi connectivity index (χ1v) is 7.52. The zero-order chi connectivity index (χ0) is 14.7. The Balaban J connectivity index is 1.81. The molecule has 1 heterocycles. The maximum atomic E-state index is 5.89. The van der Waals surface area contributed by atoms with E-state index in [9.17, 15) is 0 Å². The fourth-order valence-corrected chi connectivity index (χ4v) is 2.81. The molecule has 0 saturated carbocycles. The minimum Gasteiger partial charge on any atom is -0.489 e. The van der Waals surface area contributed by atoms with Gasteiger partial charge in [0.05, 0.1) is 4.88 Å². The topological polar surface area (TPSA) is 48.1 Å². The van der Waals surface area contributed by atoms with Crippen LogP contribution in [0.15, 0.2) is 54.7 Å². The summed E-state index contributed by atoms with van der Waals surface area (Å²) >= 11 is 1.48. The van der Waals surface area contributed by atoms with Crippen LogP contribution in [0.5, 0.6) is 5.75 Å². The van der Waals surface area contributed by atoms with Crippen molar-refractivity contribution in [2.75, 3.05) is 5.73 Å². The average Bonchev–Trinajstić information content (AvgIpc) is 2.92. The molecule has 2 N–H and O–H groups in total. The summed E-state index contributed by atoms with van der Waals surface area (Å²) in [5.74, 6) is 0.862. The normalized spacial score (nSPS) is 10.5. The monoisotopic (exact) mass is 296 g/mol. The number of aryl methyl sites for hydroxylation is 1. The van der Waals surface area contributed by atoms with Crippen molar-refractivity contribution in [1.82, 2.24) is 4.98 Å². The first-order chi connectivity index (χ1) is 10.2. The van der Waals surface area contributed by atoms with Gasteiger partial charge in [0.1, 0.15) is 12.4 Å². The second kappa shape index (κ2) is 5.97. The van der Waals surface area contributed by atoms with Gasteiger partial charge < -0.3 is 10.5 Å². The summed E-state index contributed by atoms with van der Waals surface area (Å²) in [6, 6.07) is 16.3. The van der Waals surface area contributed by atoms with E-state index in [4.69, 9.17) is 10.5 Å². The molecule has 3 rings (SSSR count). The molecule has 4 heteroatoms. The third-order valence-corrected chi connectivity index (χ3v) is 3.98. The Labute approximate surface area is 128 Å². The van der Waals surface area contributed by atoms with Crippen molar-refractivity contribution in [2.24, 2.45) is 0 Å². The lowest BCUT2D eigenvalue weighted by Gasteiger charge is -2.09. The predicted molar refractivity (Wildman–Crippen MR) is 87.5 cm³/mol. The number of anilines is 1. The van der Waals surface area contributed by atoms with Crippen LogP contribution in [0.2, 0.25) is 0 Å². The number of aromatic nitrogens is 1.